The number of rotatable bonds is 4. The smallest absolute Gasteiger partial charge is 0.239 e. The Bertz CT molecular complexity index is 710. The largest absolute Gasteiger partial charge is 0.486 e. The Balaban J connectivity index is 1.39. The summed E-state index contributed by atoms with van der Waals surface area (Å²) in [6.07, 6.45) is 0.0219. The van der Waals surface area contributed by atoms with Crippen molar-refractivity contribution in [3.8, 4) is 11.5 Å². The van der Waals surface area contributed by atoms with Gasteiger partial charge in [0.05, 0.1) is 6.10 Å². The molecule has 2 amide bonds. The third kappa shape index (κ3) is 3.22. The highest BCUT2D eigenvalue weighted by Gasteiger charge is 2.38. The van der Waals surface area contributed by atoms with Crippen LogP contribution in [0.5, 0.6) is 11.5 Å². The molecule has 0 radical (unpaired) electrons. The highest BCUT2D eigenvalue weighted by atomic mass is 16.6. The number of nitrogens with one attached hydrogen (secondary N) is 2. The van der Waals surface area contributed by atoms with E-state index in [2.05, 4.69) is 10.6 Å². The van der Waals surface area contributed by atoms with Gasteiger partial charge in [0, 0.05) is 43.9 Å². The fourth-order valence-corrected chi connectivity index (χ4v) is 3.66. The van der Waals surface area contributed by atoms with Crippen molar-refractivity contribution in [3.63, 3.8) is 0 Å². The second kappa shape index (κ2) is 7.13. The maximum Gasteiger partial charge on any atom is 0.239 e. The summed E-state index contributed by atoms with van der Waals surface area (Å²) >= 11 is 0. The molecule has 3 aliphatic heterocycles. The number of carbonyl (C=O) groups is 2. The number of β-amino-alcohol motifs (C(OH)–C–C–N with tert-alkyl or cyclic N) is 1. The summed E-state index contributed by atoms with van der Waals surface area (Å²) in [7, 11) is 0. The Morgan fingerprint density at radius 3 is 2.85 bits per heavy atom. The van der Waals surface area contributed by atoms with Crippen molar-refractivity contribution in [2.24, 2.45) is 11.8 Å². The molecule has 3 unspecified atom stereocenters. The lowest BCUT2D eigenvalue weighted by atomic mass is 10.0. The standard InChI is InChI=1S/C18H23N3O5/c22-14-10-19-8-11(14)9-20-17(23)13-3-4-21(18(13)24)12-1-2-15-16(7-12)26-6-5-25-15/h1-2,7,11,13-14,19,22H,3-6,8-10H2,(H,20,23). The van der Waals surface area contributed by atoms with E-state index in [1.807, 2.05) is 6.07 Å². The normalized spacial score (nSPS) is 27.7. The Hall–Kier alpha value is -2.32. The van der Waals surface area contributed by atoms with Gasteiger partial charge in [-0.15, -0.1) is 0 Å². The van der Waals surface area contributed by atoms with Gasteiger partial charge < -0.3 is 30.1 Å². The van der Waals surface area contributed by atoms with E-state index in [0.717, 1.165) is 0 Å². The predicted molar refractivity (Wildman–Crippen MR) is 93.3 cm³/mol. The first-order chi connectivity index (χ1) is 12.6. The molecule has 26 heavy (non-hydrogen) atoms. The van der Waals surface area contributed by atoms with Crippen LogP contribution in [0.25, 0.3) is 0 Å². The number of nitrogens with zero attached hydrogens (tertiary/aromatic N) is 1. The molecule has 1 aromatic rings. The van der Waals surface area contributed by atoms with Crippen molar-refractivity contribution in [2.45, 2.75) is 12.5 Å². The molecule has 3 aliphatic rings. The second-order valence-electron chi connectivity index (χ2n) is 6.89. The molecule has 140 valence electrons. The fraction of sp³-hybridized carbons (Fsp3) is 0.556. The quantitative estimate of drug-likeness (QED) is 0.626. The van der Waals surface area contributed by atoms with Crippen molar-refractivity contribution in [1.29, 1.82) is 0 Å². The minimum Gasteiger partial charge on any atom is -0.486 e. The van der Waals surface area contributed by atoms with E-state index < -0.39 is 12.0 Å². The van der Waals surface area contributed by atoms with E-state index in [4.69, 9.17) is 9.47 Å². The Morgan fingerprint density at radius 1 is 1.27 bits per heavy atom. The van der Waals surface area contributed by atoms with Crippen LogP contribution in [0.1, 0.15) is 6.42 Å². The van der Waals surface area contributed by atoms with Gasteiger partial charge in [0.2, 0.25) is 11.8 Å². The lowest BCUT2D eigenvalue weighted by Gasteiger charge is -2.22. The molecule has 3 atom stereocenters. The van der Waals surface area contributed by atoms with Gasteiger partial charge in [-0.25, -0.2) is 0 Å². The van der Waals surface area contributed by atoms with E-state index in [-0.39, 0.29) is 17.7 Å². The molecule has 1 aromatic carbocycles. The van der Waals surface area contributed by atoms with Gasteiger partial charge in [-0.2, -0.15) is 0 Å². The molecule has 0 spiro atoms. The summed E-state index contributed by atoms with van der Waals surface area (Å²) in [5, 5.41) is 15.7. The first-order valence-corrected chi connectivity index (χ1v) is 9.01. The SMILES string of the molecule is O=C(NCC1CNCC1O)C1CCN(c2ccc3c(c2)OCCO3)C1=O. The van der Waals surface area contributed by atoms with Crippen LogP contribution in [0.2, 0.25) is 0 Å². The molecule has 2 fully saturated rings. The maximum absolute atomic E-state index is 12.7. The van der Waals surface area contributed by atoms with Crippen LogP contribution in [0.15, 0.2) is 18.2 Å². The molecular weight excluding hydrogens is 338 g/mol. The third-order valence-electron chi connectivity index (χ3n) is 5.20. The maximum atomic E-state index is 12.7. The fourth-order valence-electron chi connectivity index (χ4n) is 3.66. The van der Waals surface area contributed by atoms with Gasteiger partial charge >= 0.3 is 0 Å². The van der Waals surface area contributed by atoms with E-state index in [1.165, 1.54) is 0 Å². The minimum atomic E-state index is -0.685. The summed E-state index contributed by atoms with van der Waals surface area (Å²) < 4.78 is 11.1. The molecule has 8 nitrogen and oxygen atoms in total. The number of carbonyl (C=O) groups excluding carboxylic acids is 2. The Labute approximate surface area is 151 Å². The van der Waals surface area contributed by atoms with Gasteiger partial charge in [0.15, 0.2) is 11.5 Å². The molecule has 8 heteroatoms. The van der Waals surface area contributed by atoms with Gasteiger partial charge in [0.1, 0.15) is 19.1 Å². The minimum absolute atomic E-state index is 0.00986. The molecule has 4 rings (SSSR count). The van der Waals surface area contributed by atoms with Crippen LogP contribution in [0, 0.1) is 11.8 Å². The summed E-state index contributed by atoms with van der Waals surface area (Å²) in [5.74, 6) is 0.124. The van der Waals surface area contributed by atoms with Crippen LogP contribution in [-0.4, -0.2) is 62.4 Å². The number of fused-ring (bicyclic) bond motifs is 1. The first kappa shape index (κ1) is 17.1. The number of aliphatic hydroxyl groups is 1. The van der Waals surface area contributed by atoms with E-state index in [0.29, 0.717) is 63.0 Å². The zero-order chi connectivity index (χ0) is 18.1. The highest BCUT2D eigenvalue weighted by molar-refractivity contribution is 6.09. The monoisotopic (exact) mass is 361 g/mol. The van der Waals surface area contributed by atoms with Crippen molar-refractivity contribution in [3.05, 3.63) is 18.2 Å². The number of aliphatic hydroxyl groups excluding tert-OH is 1. The van der Waals surface area contributed by atoms with E-state index in [1.54, 1.807) is 17.0 Å². The molecule has 2 saturated heterocycles. The third-order valence-corrected chi connectivity index (χ3v) is 5.20. The van der Waals surface area contributed by atoms with Crippen molar-refractivity contribution in [1.82, 2.24) is 10.6 Å². The first-order valence-electron chi connectivity index (χ1n) is 9.01. The number of hydrogen-bond donors (Lipinski definition) is 3. The van der Waals surface area contributed by atoms with Crippen LogP contribution in [-0.2, 0) is 9.59 Å². The average Bonchev–Trinajstić information content (AvgIpc) is 3.25. The van der Waals surface area contributed by atoms with Gasteiger partial charge in [-0.05, 0) is 18.6 Å². The van der Waals surface area contributed by atoms with Crippen molar-refractivity contribution >= 4 is 17.5 Å². The molecule has 3 N–H and O–H groups in total. The van der Waals surface area contributed by atoms with Crippen LogP contribution >= 0.6 is 0 Å². The van der Waals surface area contributed by atoms with Crippen molar-refractivity contribution in [2.75, 3.05) is 44.3 Å². The van der Waals surface area contributed by atoms with Gasteiger partial charge in [-0.3, -0.25) is 9.59 Å². The Kier molecular flexibility index (Phi) is 4.69. The summed E-state index contributed by atoms with van der Waals surface area (Å²) in [5.41, 5.74) is 0.713. The molecular formula is C18H23N3O5. The summed E-state index contributed by atoms with van der Waals surface area (Å²) in [4.78, 5) is 26.8. The predicted octanol–water partition coefficient (Wildman–Crippen LogP) is -0.493. The number of hydrogen-bond acceptors (Lipinski definition) is 6. The highest BCUT2D eigenvalue weighted by Crippen LogP contribution is 2.36. The second-order valence-corrected chi connectivity index (χ2v) is 6.89. The lowest BCUT2D eigenvalue weighted by Crippen LogP contribution is -2.40. The van der Waals surface area contributed by atoms with E-state index in [9.17, 15) is 14.7 Å². The lowest BCUT2D eigenvalue weighted by molar-refractivity contribution is -0.132. The number of benzene rings is 1. The zero-order valence-electron chi connectivity index (χ0n) is 14.4. The number of amides is 2. The van der Waals surface area contributed by atoms with Crippen LogP contribution < -0.4 is 25.0 Å². The zero-order valence-corrected chi connectivity index (χ0v) is 14.4. The van der Waals surface area contributed by atoms with Crippen molar-refractivity contribution < 1.29 is 24.2 Å². The van der Waals surface area contributed by atoms with Gasteiger partial charge in [0.25, 0.3) is 0 Å². The molecule has 0 bridgehead atoms. The molecule has 0 aliphatic carbocycles. The van der Waals surface area contributed by atoms with Gasteiger partial charge in [-0.1, -0.05) is 0 Å². The Morgan fingerprint density at radius 2 is 2.08 bits per heavy atom. The molecule has 0 aromatic heterocycles. The summed E-state index contributed by atoms with van der Waals surface area (Å²) in [6, 6.07) is 5.39. The molecule has 3 heterocycles. The summed E-state index contributed by atoms with van der Waals surface area (Å²) in [6.45, 7) is 3.08. The van der Waals surface area contributed by atoms with Crippen LogP contribution in [0.3, 0.4) is 0 Å². The number of anilines is 1. The average molecular weight is 361 g/mol. The topological polar surface area (TPSA) is 100 Å². The molecule has 0 saturated carbocycles. The van der Waals surface area contributed by atoms with Crippen LogP contribution in [0.4, 0.5) is 5.69 Å². The number of ether oxygens (including phenoxy) is 2. The van der Waals surface area contributed by atoms with E-state index >= 15 is 0 Å².